The van der Waals surface area contributed by atoms with Crippen LogP contribution in [0.5, 0.6) is 0 Å². The fourth-order valence-electron chi connectivity index (χ4n) is 2.15. The molecule has 6 nitrogen and oxygen atoms in total. The topological polar surface area (TPSA) is 96.2 Å². The number of nitrogens with one attached hydrogen (secondary N) is 3. The van der Waals surface area contributed by atoms with Crippen molar-refractivity contribution in [2.45, 2.75) is 32.7 Å². The molecule has 108 valence electrons. The van der Waals surface area contributed by atoms with Crippen LogP contribution in [0.25, 0.3) is 0 Å². The minimum atomic E-state index is -0.0205. The van der Waals surface area contributed by atoms with Crippen LogP contribution >= 0.6 is 0 Å². The smallest absolute Gasteiger partial charge is 0.228 e. The van der Waals surface area contributed by atoms with E-state index in [2.05, 4.69) is 16.0 Å². The zero-order valence-electron chi connectivity index (χ0n) is 11.7. The molecule has 0 saturated heterocycles. The predicted molar refractivity (Wildman–Crippen MR) is 79.6 cm³/mol. The second-order valence-electron chi connectivity index (χ2n) is 5.22. The van der Waals surface area contributed by atoms with Gasteiger partial charge in [0.15, 0.2) is 0 Å². The van der Waals surface area contributed by atoms with Crippen molar-refractivity contribution in [2.75, 3.05) is 22.9 Å². The minimum Gasteiger partial charge on any atom is -0.397 e. The van der Waals surface area contributed by atoms with Gasteiger partial charge in [-0.05, 0) is 31.5 Å². The number of benzene rings is 1. The Hall–Kier alpha value is -2.24. The van der Waals surface area contributed by atoms with E-state index in [9.17, 15) is 9.59 Å². The summed E-state index contributed by atoms with van der Waals surface area (Å²) in [6.45, 7) is 4.34. The SMILES string of the molecule is CC(C)NC(=O)CCNc1cc2c(cc1N)CC(=O)N2. The standard InChI is InChI=1S/C14H20N4O2/c1-8(2)17-13(19)3-4-16-12-7-11-9(5-10(12)15)6-14(20)18-11/h5,7-8,16H,3-4,6,15H2,1-2H3,(H,17,19)(H,18,20). The van der Waals surface area contributed by atoms with Gasteiger partial charge in [0.25, 0.3) is 0 Å². The molecule has 6 heteroatoms. The average molecular weight is 276 g/mol. The number of carbonyl (C=O) groups is 2. The Bertz CT molecular complexity index is 540. The molecule has 1 aromatic carbocycles. The van der Waals surface area contributed by atoms with E-state index >= 15 is 0 Å². The van der Waals surface area contributed by atoms with E-state index in [1.54, 1.807) is 6.07 Å². The molecule has 0 unspecified atom stereocenters. The van der Waals surface area contributed by atoms with Crippen molar-refractivity contribution >= 4 is 28.9 Å². The third-order valence-corrected chi connectivity index (χ3v) is 3.02. The number of carbonyl (C=O) groups excluding carboxylic acids is 2. The third kappa shape index (κ3) is 3.40. The highest BCUT2D eigenvalue weighted by Crippen LogP contribution is 2.31. The molecular weight excluding hydrogens is 256 g/mol. The van der Waals surface area contributed by atoms with Crippen LogP contribution in [0.2, 0.25) is 0 Å². The molecule has 0 atom stereocenters. The normalized spacial score (nSPS) is 13.1. The number of nitrogens with two attached hydrogens (primary N) is 1. The van der Waals surface area contributed by atoms with Crippen molar-refractivity contribution in [3.8, 4) is 0 Å². The minimum absolute atomic E-state index is 0.000495. The largest absolute Gasteiger partial charge is 0.397 e. The second-order valence-corrected chi connectivity index (χ2v) is 5.22. The van der Waals surface area contributed by atoms with E-state index in [4.69, 9.17) is 5.73 Å². The van der Waals surface area contributed by atoms with Crippen LogP contribution in [0, 0.1) is 0 Å². The van der Waals surface area contributed by atoms with Gasteiger partial charge >= 0.3 is 0 Å². The molecule has 0 radical (unpaired) electrons. The van der Waals surface area contributed by atoms with Crippen molar-refractivity contribution in [3.63, 3.8) is 0 Å². The Labute approximate surface area is 118 Å². The summed E-state index contributed by atoms with van der Waals surface area (Å²) < 4.78 is 0. The van der Waals surface area contributed by atoms with Gasteiger partial charge in [-0.1, -0.05) is 0 Å². The van der Waals surface area contributed by atoms with Gasteiger partial charge in [0.1, 0.15) is 0 Å². The lowest BCUT2D eigenvalue weighted by Crippen LogP contribution is -2.31. The summed E-state index contributed by atoms with van der Waals surface area (Å²) in [5.74, 6) is -0.0200. The molecule has 20 heavy (non-hydrogen) atoms. The molecule has 0 bridgehead atoms. The highest BCUT2D eigenvalue weighted by atomic mass is 16.2. The van der Waals surface area contributed by atoms with Crippen molar-refractivity contribution in [2.24, 2.45) is 0 Å². The molecule has 2 rings (SSSR count). The van der Waals surface area contributed by atoms with Gasteiger partial charge in [-0.25, -0.2) is 0 Å². The number of fused-ring (bicyclic) bond motifs is 1. The monoisotopic (exact) mass is 276 g/mol. The van der Waals surface area contributed by atoms with Gasteiger partial charge < -0.3 is 21.7 Å². The number of nitrogen functional groups attached to an aromatic ring is 1. The van der Waals surface area contributed by atoms with E-state index in [1.165, 1.54) is 0 Å². The van der Waals surface area contributed by atoms with Crippen molar-refractivity contribution in [3.05, 3.63) is 17.7 Å². The maximum absolute atomic E-state index is 11.5. The highest BCUT2D eigenvalue weighted by molar-refractivity contribution is 6.00. The summed E-state index contributed by atoms with van der Waals surface area (Å²) in [7, 11) is 0. The number of hydrogen-bond acceptors (Lipinski definition) is 4. The Balaban J connectivity index is 1.92. The molecule has 0 aliphatic carbocycles. The number of rotatable bonds is 5. The molecule has 0 fully saturated rings. The molecule has 2 amide bonds. The fourth-order valence-corrected chi connectivity index (χ4v) is 2.15. The van der Waals surface area contributed by atoms with Gasteiger partial charge in [0.2, 0.25) is 11.8 Å². The van der Waals surface area contributed by atoms with Gasteiger partial charge in [-0.2, -0.15) is 0 Å². The third-order valence-electron chi connectivity index (χ3n) is 3.02. The summed E-state index contributed by atoms with van der Waals surface area (Å²) in [6.07, 6.45) is 0.748. The maximum Gasteiger partial charge on any atom is 0.228 e. The first-order valence-corrected chi connectivity index (χ1v) is 6.71. The van der Waals surface area contributed by atoms with E-state index in [0.29, 0.717) is 25.1 Å². The summed E-state index contributed by atoms with van der Waals surface area (Å²) >= 11 is 0. The van der Waals surface area contributed by atoms with Crippen LogP contribution < -0.4 is 21.7 Å². The lowest BCUT2D eigenvalue weighted by molar-refractivity contribution is -0.121. The molecule has 0 saturated carbocycles. The van der Waals surface area contributed by atoms with Crippen molar-refractivity contribution < 1.29 is 9.59 Å². The first kappa shape index (κ1) is 14.2. The predicted octanol–water partition coefficient (Wildman–Crippen LogP) is 1.09. The summed E-state index contributed by atoms with van der Waals surface area (Å²) in [4.78, 5) is 22.8. The van der Waals surface area contributed by atoms with Crippen LogP contribution in [-0.2, 0) is 16.0 Å². The average Bonchev–Trinajstić information content (AvgIpc) is 2.67. The number of hydrogen-bond donors (Lipinski definition) is 4. The van der Waals surface area contributed by atoms with E-state index in [1.807, 2.05) is 19.9 Å². The van der Waals surface area contributed by atoms with Crippen molar-refractivity contribution in [1.82, 2.24) is 5.32 Å². The molecule has 5 N–H and O–H groups in total. The maximum atomic E-state index is 11.5. The van der Waals surface area contributed by atoms with Gasteiger partial charge in [0.05, 0.1) is 17.8 Å². The van der Waals surface area contributed by atoms with Gasteiger partial charge in [-0.15, -0.1) is 0 Å². The first-order valence-electron chi connectivity index (χ1n) is 6.71. The first-order chi connectivity index (χ1) is 9.45. The van der Waals surface area contributed by atoms with Gasteiger partial charge in [0, 0.05) is 24.7 Å². The molecule has 0 spiro atoms. The summed E-state index contributed by atoms with van der Waals surface area (Å²) in [5.41, 5.74) is 8.96. The summed E-state index contributed by atoms with van der Waals surface area (Å²) in [6, 6.07) is 3.75. The number of amides is 2. The molecule has 1 aliphatic heterocycles. The molecule has 1 aliphatic rings. The molecule has 1 heterocycles. The lowest BCUT2D eigenvalue weighted by atomic mass is 10.1. The van der Waals surface area contributed by atoms with Crippen LogP contribution in [-0.4, -0.2) is 24.4 Å². The fraction of sp³-hybridized carbons (Fsp3) is 0.429. The zero-order chi connectivity index (χ0) is 14.7. The van der Waals surface area contributed by atoms with Crippen LogP contribution in [0.3, 0.4) is 0 Å². The van der Waals surface area contributed by atoms with E-state index in [0.717, 1.165) is 16.9 Å². The highest BCUT2D eigenvalue weighted by Gasteiger charge is 2.19. The van der Waals surface area contributed by atoms with Crippen molar-refractivity contribution in [1.29, 1.82) is 0 Å². The summed E-state index contributed by atoms with van der Waals surface area (Å²) in [5, 5.41) is 8.72. The Morgan fingerprint density at radius 1 is 1.45 bits per heavy atom. The lowest BCUT2D eigenvalue weighted by Gasteiger charge is -2.12. The molecular formula is C14H20N4O2. The van der Waals surface area contributed by atoms with Crippen LogP contribution in [0.4, 0.5) is 17.1 Å². The molecule has 0 aromatic heterocycles. The Kier molecular flexibility index (Phi) is 4.12. The Morgan fingerprint density at radius 2 is 2.20 bits per heavy atom. The molecule has 1 aromatic rings. The Morgan fingerprint density at radius 3 is 2.90 bits per heavy atom. The zero-order valence-corrected chi connectivity index (χ0v) is 11.7. The second kappa shape index (κ2) is 5.81. The van der Waals surface area contributed by atoms with Crippen LogP contribution in [0.1, 0.15) is 25.8 Å². The van der Waals surface area contributed by atoms with E-state index < -0.39 is 0 Å². The quantitative estimate of drug-likeness (QED) is 0.605. The number of anilines is 3. The van der Waals surface area contributed by atoms with E-state index in [-0.39, 0.29) is 17.9 Å². The van der Waals surface area contributed by atoms with Gasteiger partial charge in [-0.3, -0.25) is 9.59 Å². The van der Waals surface area contributed by atoms with Crippen LogP contribution in [0.15, 0.2) is 12.1 Å².